The van der Waals surface area contributed by atoms with Crippen LogP contribution < -0.4 is 4.90 Å². The molecule has 0 amide bonds. The molecule has 1 aromatic heterocycles. The van der Waals surface area contributed by atoms with Gasteiger partial charge in [-0.2, -0.15) is 0 Å². The fourth-order valence-corrected chi connectivity index (χ4v) is 2.98. The van der Waals surface area contributed by atoms with Gasteiger partial charge in [-0.1, -0.05) is 13.0 Å². The number of hydrogen-bond donors (Lipinski definition) is 1. The molecular weight excluding hydrogens is 238 g/mol. The van der Waals surface area contributed by atoms with Gasteiger partial charge < -0.3 is 10.0 Å². The van der Waals surface area contributed by atoms with Gasteiger partial charge >= 0.3 is 0 Å². The minimum absolute atomic E-state index is 0.475. The molecule has 1 saturated heterocycles. The minimum Gasteiger partial charge on any atom is -0.389 e. The predicted molar refractivity (Wildman–Crippen MR) is 78.4 cm³/mol. The van der Waals surface area contributed by atoms with Crippen LogP contribution in [0.5, 0.6) is 0 Å². The molecular formula is C15H25N3O. The van der Waals surface area contributed by atoms with Crippen molar-refractivity contribution in [3.05, 3.63) is 23.9 Å². The molecule has 1 fully saturated rings. The minimum atomic E-state index is -0.475. The van der Waals surface area contributed by atoms with Crippen molar-refractivity contribution in [2.45, 2.75) is 38.8 Å². The first kappa shape index (κ1) is 14.3. The lowest BCUT2D eigenvalue weighted by molar-refractivity contribution is 0.199. The highest BCUT2D eigenvalue weighted by Crippen LogP contribution is 2.25. The van der Waals surface area contributed by atoms with Gasteiger partial charge in [0.05, 0.1) is 6.10 Å². The Morgan fingerprint density at radius 3 is 3.05 bits per heavy atom. The van der Waals surface area contributed by atoms with E-state index < -0.39 is 6.10 Å². The van der Waals surface area contributed by atoms with Crippen molar-refractivity contribution in [3.8, 4) is 0 Å². The molecule has 106 valence electrons. The molecule has 1 N–H and O–H groups in total. The number of aromatic nitrogens is 1. The van der Waals surface area contributed by atoms with Crippen molar-refractivity contribution in [1.29, 1.82) is 0 Å². The molecule has 1 unspecified atom stereocenters. The van der Waals surface area contributed by atoms with Crippen LogP contribution in [-0.4, -0.2) is 47.7 Å². The van der Waals surface area contributed by atoms with E-state index in [9.17, 15) is 5.11 Å². The number of pyridine rings is 1. The average molecular weight is 263 g/mol. The molecule has 0 bridgehead atoms. The van der Waals surface area contributed by atoms with Gasteiger partial charge in [0, 0.05) is 31.4 Å². The van der Waals surface area contributed by atoms with Crippen molar-refractivity contribution in [1.82, 2.24) is 9.88 Å². The Morgan fingerprint density at radius 2 is 2.37 bits per heavy atom. The van der Waals surface area contributed by atoms with Crippen LogP contribution in [0.3, 0.4) is 0 Å². The van der Waals surface area contributed by atoms with E-state index in [1.807, 2.05) is 12.1 Å². The van der Waals surface area contributed by atoms with Gasteiger partial charge in [-0.05, 0) is 38.9 Å². The lowest BCUT2D eigenvalue weighted by Crippen LogP contribution is -2.39. The summed E-state index contributed by atoms with van der Waals surface area (Å²) in [5.41, 5.74) is 0.908. The Balaban J connectivity index is 2.09. The van der Waals surface area contributed by atoms with Crippen LogP contribution in [-0.2, 0) is 0 Å². The molecule has 0 aliphatic carbocycles. The summed E-state index contributed by atoms with van der Waals surface area (Å²) in [5, 5.41) is 9.84. The maximum Gasteiger partial charge on any atom is 0.134 e. The van der Waals surface area contributed by atoms with Gasteiger partial charge in [0.1, 0.15) is 5.82 Å². The van der Waals surface area contributed by atoms with Crippen LogP contribution in [0.4, 0.5) is 5.82 Å². The predicted octanol–water partition coefficient (Wildman–Crippen LogP) is 2.06. The first-order valence-corrected chi connectivity index (χ1v) is 7.21. The van der Waals surface area contributed by atoms with Gasteiger partial charge in [0.2, 0.25) is 0 Å². The zero-order valence-electron chi connectivity index (χ0n) is 12.2. The van der Waals surface area contributed by atoms with Crippen LogP contribution in [0.2, 0.25) is 0 Å². The van der Waals surface area contributed by atoms with E-state index in [-0.39, 0.29) is 0 Å². The quantitative estimate of drug-likeness (QED) is 0.882. The van der Waals surface area contributed by atoms with Gasteiger partial charge in [-0.3, -0.25) is 4.90 Å². The zero-order valence-corrected chi connectivity index (χ0v) is 12.2. The summed E-state index contributed by atoms with van der Waals surface area (Å²) in [6.07, 6.45) is 3.87. The summed E-state index contributed by atoms with van der Waals surface area (Å²) in [6, 6.07) is 4.45. The van der Waals surface area contributed by atoms with Crippen LogP contribution in [0, 0.1) is 0 Å². The van der Waals surface area contributed by atoms with E-state index in [1.165, 1.54) is 19.4 Å². The molecule has 4 nitrogen and oxygen atoms in total. The number of likely N-dealkylation sites (tertiary alicyclic amines) is 1. The second-order valence-corrected chi connectivity index (χ2v) is 5.40. The molecule has 1 aliphatic heterocycles. The van der Waals surface area contributed by atoms with E-state index in [1.54, 1.807) is 13.1 Å². The maximum atomic E-state index is 9.84. The van der Waals surface area contributed by atoms with E-state index in [4.69, 9.17) is 0 Å². The number of anilines is 1. The fraction of sp³-hybridized carbons (Fsp3) is 0.667. The first-order valence-electron chi connectivity index (χ1n) is 7.21. The van der Waals surface area contributed by atoms with Crippen LogP contribution >= 0.6 is 0 Å². The molecule has 2 atom stereocenters. The average Bonchev–Trinajstić information content (AvgIpc) is 2.85. The van der Waals surface area contributed by atoms with Crippen molar-refractivity contribution in [3.63, 3.8) is 0 Å². The van der Waals surface area contributed by atoms with Crippen molar-refractivity contribution in [2.75, 3.05) is 31.6 Å². The Kier molecular flexibility index (Phi) is 4.77. The van der Waals surface area contributed by atoms with E-state index in [2.05, 4.69) is 28.8 Å². The largest absolute Gasteiger partial charge is 0.389 e. The highest BCUT2D eigenvalue weighted by Gasteiger charge is 2.25. The molecule has 1 aliphatic rings. The smallest absolute Gasteiger partial charge is 0.134 e. The second kappa shape index (κ2) is 6.35. The number of aliphatic hydroxyl groups is 1. The van der Waals surface area contributed by atoms with Crippen molar-refractivity contribution >= 4 is 5.82 Å². The summed E-state index contributed by atoms with van der Waals surface area (Å²) in [4.78, 5) is 9.15. The summed E-state index contributed by atoms with van der Waals surface area (Å²) in [5.74, 6) is 0.903. The third kappa shape index (κ3) is 3.25. The molecule has 2 heterocycles. The van der Waals surface area contributed by atoms with Crippen molar-refractivity contribution in [2.24, 2.45) is 0 Å². The summed E-state index contributed by atoms with van der Waals surface area (Å²) < 4.78 is 0. The third-order valence-electron chi connectivity index (χ3n) is 4.02. The van der Waals surface area contributed by atoms with Crippen LogP contribution in [0.15, 0.2) is 18.3 Å². The summed E-state index contributed by atoms with van der Waals surface area (Å²) in [7, 11) is 2.07. The van der Waals surface area contributed by atoms with Gasteiger partial charge in [-0.25, -0.2) is 4.98 Å². The molecule has 0 aromatic carbocycles. The normalized spacial score (nSPS) is 21.6. The molecule has 2 rings (SSSR count). The lowest BCUT2D eigenvalue weighted by atomic mass is 10.1. The molecule has 19 heavy (non-hydrogen) atoms. The number of rotatable bonds is 5. The summed E-state index contributed by atoms with van der Waals surface area (Å²) >= 11 is 0. The van der Waals surface area contributed by atoms with Crippen LogP contribution in [0.25, 0.3) is 0 Å². The number of nitrogens with zero attached hydrogens (tertiary/aromatic N) is 3. The Bertz CT molecular complexity index is 408. The zero-order chi connectivity index (χ0) is 13.8. The van der Waals surface area contributed by atoms with Crippen molar-refractivity contribution < 1.29 is 5.11 Å². The van der Waals surface area contributed by atoms with Crippen LogP contribution in [0.1, 0.15) is 38.4 Å². The standard InChI is InChI=1S/C15H25N3O/c1-4-18-10-6-7-13(18)11-17(3)15-14(12(2)19)8-5-9-16-15/h5,8-9,12-13,19H,4,6-7,10-11H2,1-3H3/t12-,13?/m0/s1. The highest BCUT2D eigenvalue weighted by atomic mass is 16.3. The molecule has 0 radical (unpaired) electrons. The fourth-order valence-electron chi connectivity index (χ4n) is 2.98. The second-order valence-electron chi connectivity index (χ2n) is 5.40. The summed E-state index contributed by atoms with van der Waals surface area (Å²) in [6.45, 7) is 7.32. The Morgan fingerprint density at radius 1 is 1.58 bits per heavy atom. The molecule has 0 spiro atoms. The van der Waals surface area contributed by atoms with Gasteiger partial charge in [0.25, 0.3) is 0 Å². The molecule has 4 heteroatoms. The Hall–Kier alpha value is -1.13. The first-order chi connectivity index (χ1) is 9.13. The SMILES string of the molecule is CCN1CCCC1CN(C)c1ncccc1[C@H](C)O. The van der Waals surface area contributed by atoms with E-state index in [0.717, 1.165) is 24.5 Å². The number of likely N-dealkylation sites (N-methyl/N-ethyl adjacent to an activating group) is 2. The van der Waals surface area contributed by atoms with Gasteiger partial charge in [0.15, 0.2) is 0 Å². The maximum absolute atomic E-state index is 9.84. The third-order valence-corrected chi connectivity index (χ3v) is 4.02. The topological polar surface area (TPSA) is 39.6 Å². The molecule has 0 saturated carbocycles. The number of hydrogen-bond acceptors (Lipinski definition) is 4. The lowest BCUT2D eigenvalue weighted by Gasteiger charge is -2.29. The Labute approximate surface area is 116 Å². The number of aliphatic hydroxyl groups excluding tert-OH is 1. The van der Waals surface area contributed by atoms with Gasteiger partial charge in [-0.15, -0.1) is 0 Å². The highest BCUT2D eigenvalue weighted by molar-refractivity contribution is 5.47. The van der Waals surface area contributed by atoms with E-state index in [0.29, 0.717) is 6.04 Å². The monoisotopic (exact) mass is 263 g/mol. The van der Waals surface area contributed by atoms with E-state index >= 15 is 0 Å². The molecule has 1 aromatic rings.